The third kappa shape index (κ3) is 4.87. The molecule has 6 nitrogen and oxygen atoms in total. The average molecular weight is 321 g/mol. The highest BCUT2D eigenvalue weighted by Crippen LogP contribution is 2.32. The first-order chi connectivity index (χ1) is 11.0. The maximum Gasteiger partial charge on any atom is 0.328 e. The van der Waals surface area contributed by atoms with E-state index in [1.54, 1.807) is 12.1 Å². The second kappa shape index (κ2) is 7.85. The van der Waals surface area contributed by atoms with Crippen LogP contribution in [-0.4, -0.2) is 31.3 Å². The molecule has 0 bridgehead atoms. The van der Waals surface area contributed by atoms with E-state index in [2.05, 4.69) is 5.32 Å². The van der Waals surface area contributed by atoms with Crippen LogP contribution in [-0.2, 0) is 20.7 Å². The van der Waals surface area contributed by atoms with Crippen molar-refractivity contribution in [1.29, 1.82) is 0 Å². The van der Waals surface area contributed by atoms with Gasteiger partial charge in [-0.25, -0.2) is 4.79 Å². The molecule has 1 aromatic rings. The van der Waals surface area contributed by atoms with E-state index in [0.717, 1.165) is 5.56 Å². The van der Waals surface area contributed by atoms with E-state index >= 15 is 0 Å². The molecule has 6 heteroatoms. The highest BCUT2D eigenvalue weighted by molar-refractivity contribution is 5.85. The molecule has 1 N–H and O–H groups in total. The molecule has 1 aliphatic rings. The molecule has 1 atom stereocenters. The molecule has 0 radical (unpaired) electrons. The van der Waals surface area contributed by atoms with Crippen LogP contribution in [0.1, 0.15) is 32.8 Å². The van der Waals surface area contributed by atoms with Crippen molar-refractivity contribution in [2.75, 3.05) is 13.4 Å². The molecule has 0 saturated carbocycles. The van der Waals surface area contributed by atoms with Gasteiger partial charge in [-0.3, -0.25) is 4.79 Å². The van der Waals surface area contributed by atoms with Crippen LogP contribution in [0.25, 0.3) is 0 Å². The van der Waals surface area contributed by atoms with Gasteiger partial charge in [0.15, 0.2) is 11.5 Å². The van der Waals surface area contributed by atoms with E-state index in [9.17, 15) is 9.59 Å². The zero-order valence-electron chi connectivity index (χ0n) is 13.8. The lowest BCUT2D eigenvalue weighted by molar-refractivity contribution is -0.149. The fraction of sp³-hybridized carbons (Fsp3) is 0.529. The largest absolute Gasteiger partial charge is 0.464 e. The topological polar surface area (TPSA) is 73.9 Å². The van der Waals surface area contributed by atoms with Crippen LogP contribution < -0.4 is 14.8 Å². The highest BCUT2D eigenvalue weighted by atomic mass is 16.7. The molecule has 0 aliphatic carbocycles. The quantitative estimate of drug-likeness (QED) is 0.778. The molecule has 1 amide bonds. The van der Waals surface area contributed by atoms with Gasteiger partial charge in [-0.15, -0.1) is 0 Å². The number of rotatable bonds is 7. The molecule has 23 heavy (non-hydrogen) atoms. The van der Waals surface area contributed by atoms with Crippen molar-refractivity contribution in [3.63, 3.8) is 0 Å². The Labute approximate surface area is 136 Å². The van der Waals surface area contributed by atoms with Gasteiger partial charge < -0.3 is 19.5 Å². The molecular weight excluding hydrogens is 298 g/mol. The van der Waals surface area contributed by atoms with Crippen molar-refractivity contribution < 1.29 is 23.8 Å². The molecule has 0 fully saturated rings. The number of carbonyl (C=O) groups excluding carboxylic acids is 2. The number of ether oxygens (including phenoxy) is 3. The Bertz CT molecular complexity index is 570. The predicted molar refractivity (Wildman–Crippen MR) is 84.3 cm³/mol. The Morgan fingerprint density at radius 2 is 2.00 bits per heavy atom. The van der Waals surface area contributed by atoms with Gasteiger partial charge in [-0.1, -0.05) is 26.8 Å². The summed E-state index contributed by atoms with van der Waals surface area (Å²) in [5.41, 5.74) is 0.803. The molecule has 1 aromatic carbocycles. The van der Waals surface area contributed by atoms with E-state index < -0.39 is 6.04 Å². The fourth-order valence-electron chi connectivity index (χ4n) is 2.16. The molecule has 0 saturated heterocycles. The Morgan fingerprint density at radius 1 is 1.26 bits per heavy atom. The lowest BCUT2D eigenvalue weighted by Gasteiger charge is -2.17. The minimum absolute atomic E-state index is 0.171. The van der Waals surface area contributed by atoms with Crippen LogP contribution in [0.3, 0.4) is 0 Å². The smallest absolute Gasteiger partial charge is 0.328 e. The van der Waals surface area contributed by atoms with Crippen molar-refractivity contribution in [2.45, 2.75) is 39.7 Å². The third-order valence-electron chi connectivity index (χ3n) is 3.39. The number of benzene rings is 1. The summed E-state index contributed by atoms with van der Waals surface area (Å²) >= 11 is 0. The lowest BCUT2D eigenvalue weighted by Crippen LogP contribution is -2.42. The average Bonchev–Trinajstić information content (AvgIpc) is 2.97. The zero-order chi connectivity index (χ0) is 16.8. The van der Waals surface area contributed by atoms with Gasteiger partial charge in [0, 0.05) is 0 Å². The standard InChI is InChI=1S/C17H23NO5/c1-4-13(17(20)21-9-11(2)3)18-16(19)8-12-5-6-14-15(7-12)23-10-22-14/h5-7,11,13H,4,8-10H2,1-3H3,(H,18,19). The molecule has 126 valence electrons. The molecule has 1 aliphatic heterocycles. The minimum atomic E-state index is -0.615. The van der Waals surface area contributed by atoms with Crippen LogP contribution in [0.15, 0.2) is 18.2 Å². The van der Waals surface area contributed by atoms with Gasteiger partial charge in [0.05, 0.1) is 13.0 Å². The highest BCUT2D eigenvalue weighted by Gasteiger charge is 2.21. The fourth-order valence-corrected chi connectivity index (χ4v) is 2.16. The minimum Gasteiger partial charge on any atom is -0.464 e. The van der Waals surface area contributed by atoms with Crippen LogP contribution in [0, 0.1) is 5.92 Å². The predicted octanol–water partition coefficient (Wildman–Crippen LogP) is 2.05. The Morgan fingerprint density at radius 3 is 2.70 bits per heavy atom. The SMILES string of the molecule is CCC(NC(=O)Cc1ccc2c(c1)OCO2)C(=O)OCC(C)C. The van der Waals surface area contributed by atoms with E-state index in [-0.39, 0.29) is 31.0 Å². The van der Waals surface area contributed by atoms with Gasteiger partial charge in [-0.05, 0) is 30.0 Å². The number of hydrogen-bond donors (Lipinski definition) is 1. The normalized spacial score (nSPS) is 13.7. The van der Waals surface area contributed by atoms with Gasteiger partial charge in [-0.2, -0.15) is 0 Å². The summed E-state index contributed by atoms with van der Waals surface area (Å²) in [6.07, 6.45) is 0.661. The second-order valence-corrected chi connectivity index (χ2v) is 5.92. The summed E-state index contributed by atoms with van der Waals surface area (Å²) in [6, 6.07) is 4.75. The Kier molecular flexibility index (Phi) is 5.84. The molecular formula is C17H23NO5. The Hall–Kier alpha value is -2.24. The van der Waals surface area contributed by atoms with E-state index in [0.29, 0.717) is 24.5 Å². The first-order valence-electron chi connectivity index (χ1n) is 7.84. The summed E-state index contributed by atoms with van der Waals surface area (Å²) < 4.78 is 15.7. The number of fused-ring (bicyclic) bond motifs is 1. The molecule has 1 unspecified atom stereocenters. The zero-order valence-corrected chi connectivity index (χ0v) is 13.8. The monoisotopic (exact) mass is 321 g/mol. The van der Waals surface area contributed by atoms with Crippen molar-refractivity contribution in [2.24, 2.45) is 5.92 Å². The van der Waals surface area contributed by atoms with Crippen LogP contribution in [0.2, 0.25) is 0 Å². The first-order valence-corrected chi connectivity index (χ1v) is 7.84. The van der Waals surface area contributed by atoms with Gasteiger partial charge in [0.2, 0.25) is 12.7 Å². The van der Waals surface area contributed by atoms with Crippen LogP contribution in [0.5, 0.6) is 11.5 Å². The van der Waals surface area contributed by atoms with Crippen molar-refractivity contribution >= 4 is 11.9 Å². The number of esters is 1. The van der Waals surface area contributed by atoms with Crippen molar-refractivity contribution in [3.8, 4) is 11.5 Å². The van der Waals surface area contributed by atoms with Crippen molar-refractivity contribution in [1.82, 2.24) is 5.32 Å². The summed E-state index contributed by atoms with van der Waals surface area (Å²) in [6.45, 7) is 6.32. The summed E-state index contributed by atoms with van der Waals surface area (Å²) in [5.74, 6) is 0.967. The molecule has 0 aromatic heterocycles. The Balaban J connectivity index is 1.88. The summed E-state index contributed by atoms with van der Waals surface area (Å²) in [5, 5.41) is 2.72. The molecule has 2 rings (SSSR count). The van der Waals surface area contributed by atoms with Crippen molar-refractivity contribution in [3.05, 3.63) is 23.8 Å². The number of hydrogen-bond acceptors (Lipinski definition) is 5. The maximum absolute atomic E-state index is 12.1. The lowest BCUT2D eigenvalue weighted by atomic mass is 10.1. The molecule has 1 heterocycles. The van der Waals surface area contributed by atoms with Gasteiger partial charge in [0.1, 0.15) is 6.04 Å². The summed E-state index contributed by atoms with van der Waals surface area (Å²) in [7, 11) is 0. The van der Waals surface area contributed by atoms with E-state index in [1.165, 1.54) is 0 Å². The number of carbonyl (C=O) groups is 2. The second-order valence-electron chi connectivity index (χ2n) is 5.92. The number of nitrogens with one attached hydrogen (secondary N) is 1. The van der Waals surface area contributed by atoms with Gasteiger partial charge in [0.25, 0.3) is 0 Å². The molecule has 0 spiro atoms. The summed E-state index contributed by atoms with van der Waals surface area (Å²) in [4.78, 5) is 24.1. The van der Waals surface area contributed by atoms with Crippen LogP contribution >= 0.6 is 0 Å². The van der Waals surface area contributed by atoms with Gasteiger partial charge >= 0.3 is 5.97 Å². The van der Waals surface area contributed by atoms with E-state index in [4.69, 9.17) is 14.2 Å². The number of amides is 1. The van der Waals surface area contributed by atoms with Crippen LogP contribution in [0.4, 0.5) is 0 Å². The first kappa shape index (κ1) is 17.1. The third-order valence-corrected chi connectivity index (χ3v) is 3.39. The maximum atomic E-state index is 12.1. The van der Waals surface area contributed by atoms with E-state index in [1.807, 2.05) is 26.8 Å².